The number of carbonyl (C=O) groups is 1. The van der Waals surface area contributed by atoms with Crippen LogP contribution in [-0.4, -0.2) is 35.0 Å². The topological polar surface area (TPSA) is 42.4 Å². The molecule has 0 N–H and O–H groups in total. The summed E-state index contributed by atoms with van der Waals surface area (Å²) in [4.78, 5) is 17.7. The molecule has 1 aliphatic heterocycles. The lowest BCUT2D eigenvalue weighted by Gasteiger charge is -2.38. The van der Waals surface area contributed by atoms with E-state index in [-0.39, 0.29) is 17.6 Å². The van der Waals surface area contributed by atoms with Crippen LogP contribution in [0.2, 0.25) is 5.02 Å². The van der Waals surface area contributed by atoms with Crippen molar-refractivity contribution in [2.45, 2.75) is 6.10 Å². The molecule has 4 nitrogen and oxygen atoms in total. The Morgan fingerprint density at radius 3 is 2.71 bits per heavy atom. The number of amides is 1. The van der Waals surface area contributed by atoms with Crippen LogP contribution in [0.3, 0.4) is 0 Å². The van der Waals surface area contributed by atoms with Gasteiger partial charge in [0, 0.05) is 12.3 Å². The van der Waals surface area contributed by atoms with Gasteiger partial charge in [0.1, 0.15) is 11.9 Å². The van der Waals surface area contributed by atoms with Crippen molar-refractivity contribution in [3.63, 3.8) is 0 Å². The Bertz CT molecular complexity index is 657. The van der Waals surface area contributed by atoms with E-state index < -0.39 is 5.82 Å². The van der Waals surface area contributed by atoms with Crippen LogP contribution in [0.15, 0.2) is 42.6 Å². The molecular formula is C15H12ClFN2O2. The molecule has 1 aromatic heterocycles. The van der Waals surface area contributed by atoms with Crippen molar-refractivity contribution in [2.24, 2.45) is 0 Å². The zero-order valence-corrected chi connectivity index (χ0v) is 11.8. The number of halogens is 2. The first-order valence-corrected chi connectivity index (χ1v) is 6.83. The van der Waals surface area contributed by atoms with Gasteiger partial charge < -0.3 is 9.64 Å². The monoisotopic (exact) mass is 306 g/mol. The van der Waals surface area contributed by atoms with Crippen molar-refractivity contribution in [3.05, 3.63) is 59.0 Å². The quantitative estimate of drug-likeness (QED) is 0.875. The Hall–Kier alpha value is -2.14. The average molecular weight is 307 g/mol. The number of benzene rings is 1. The number of rotatable bonds is 3. The summed E-state index contributed by atoms with van der Waals surface area (Å²) in [6.07, 6.45) is 1.37. The number of carbonyl (C=O) groups excluding carboxylic acids is 1. The van der Waals surface area contributed by atoms with Gasteiger partial charge in [0.15, 0.2) is 0 Å². The van der Waals surface area contributed by atoms with Crippen molar-refractivity contribution in [2.75, 3.05) is 13.1 Å². The molecule has 0 unspecified atom stereocenters. The molecular weight excluding hydrogens is 295 g/mol. The maximum Gasteiger partial charge on any atom is 0.257 e. The van der Waals surface area contributed by atoms with Gasteiger partial charge in [-0.25, -0.2) is 9.37 Å². The third-order valence-electron chi connectivity index (χ3n) is 3.23. The van der Waals surface area contributed by atoms with E-state index in [1.807, 2.05) is 0 Å². The molecule has 21 heavy (non-hydrogen) atoms. The first-order chi connectivity index (χ1) is 10.1. The first kappa shape index (κ1) is 13.8. The first-order valence-electron chi connectivity index (χ1n) is 6.45. The average Bonchev–Trinajstić information content (AvgIpc) is 2.44. The number of aromatic nitrogens is 1. The number of hydrogen-bond acceptors (Lipinski definition) is 3. The molecule has 6 heteroatoms. The second-order valence-electron chi connectivity index (χ2n) is 4.74. The van der Waals surface area contributed by atoms with E-state index in [4.69, 9.17) is 16.3 Å². The normalized spacial score (nSPS) is 14.7. The summed E-state index contributed by atoms with van der Waals surface area (Å²) in [5, 5.41) is 0.535. The lowest BCUT2D eigenvalue weighted by atomic mass is 10.1. The second kappa shape index (κ2) is 5.69. The Balaban J connectivity index is 1.57. The summed E-state index contributed by atoms with van der Waals surface area (Å²) in [5.41, 5.74) is 0.0839. The Kier molecular flexibility index (Phi) is 3.75. The molecule has 1 amide bonds. The summed E-state index contributed by atoms with van der Waals surface area (Å²) in [6, 6.07) is 9.31. The summed E-state index contributed by atoms with van der Waals surface area (Å²) in [5.74, 6) is -0.370. The molecule has 0 saturated carbocycles. The molecule has 1 saturated heterocycles. The fourth-order valence-electron chi connectivity index (χ4n) is 2.09. The smallest absolute Gasteiger partial charge is 0.257 e. The fourth-order valence-corrected chi connectivity index (χ4v) is 2.20. The summed E-state index contributed by atoms with van der Waals surface area (Å²) in [6.45, 7) is 0.828. The highest BCUT2D eigenvalue weighted by molar-refractivity contribution is 6.30. The van der Waals surface area contributed by atoms with Gasteiger partial charge in [0.25, 0.3) is 5.91 Å². The van der Waals surface area contributed by atoms with Gasteiger partial charge in [-0.15, -0.1) is 0 Å². The highest BCUT2D eigenvalue weighted by atomic mass is 35.5. The van der Waals surface area contributed by atoms with E-state index in [9.17, 15) is 9.18 Å². The number of ether oxygens (including phenoxy) is 1. The minimum atomic E-state index is -0.508. The third kappa shape index (κ3) is 2.97. The fraction of sp³-hybridized carbons (Fsp3) is 0.200. The van der Waals surface area contributed by atoms with E-state index in [2.05, 4.69) is 4.98 Å². The van der Waals surface area contributed by atoms with Crippen LogP contribution in [0, 0.1) is 5.82 Å². The van der Waals surface area contributed by atoms with Gasteiger partial charge >= 0.3 is 0 Å². The molecule has 2 aromatic rings. The van der Waals surface area contributed by atoms with Crippen molar-refractivity contribution in [3.8, 4) is 5.88 Å². The van der Waals surface area contributed by atoms with Crippen molar-refractivity contribution < 1.29 is 13.9 Å². The van der Waals surface area contributed by atoms with E-state index in [1.54, 1.807) is 29.2 Å². The largest absolute Gasteiger partial charge is 0.471 e. The van der Waals surface area contributed by atoms with Crippen molar-refractivity contribution >= 4 is 17.5 Å². The summed E-state index contributed by atoms with van der Waals surface area (Å²) >= 11 is 5.74. The maximum atomic E-state index is 13.5. The van der Waals surface area contributed by atoms with Crippen LogP contribution in [0.25, 0.3) is 0 Å². The maximum absolute atomic E-state index is 13.5. The highest BCUT2D eigenvalue weighted by Crippen LogP contribution is 2.20. The molecule has 1 aromatic carbocycles. The Morgan fingerprint density at radius 2 is 2.05 bits per heavy atom. The molecule has 1 fully saturated rings. The SMILES string of the molecule is O=C(c1ccccc1F)N1CC(Oc2ccc(Cl)cn2)C1. The number of nitrogens with zero attached hydrogens (tertiary/aromatic N) is 2. The lowest BCUT2D eigenvalue weighted by Crippen LogP contribution is -2.56. The Labute approximate surface area is 126 Å². The van der Waals surface area contributed by atoms with E-state index in [1.165, 1.54) is 18.3 Å². The minimum absolute atomic E-state index is 0.0839. The molecule has 108 valence electrons. The molecule has 0 aliphatic carbocycles. The van der Waals surface area contributed by atoms with Gasteiger partial charge in [-0.2, -0.15) is 0 Å². The molecule has 0 atom stereocenters. The lowest BCUT2D eigenvalue weighted by molar-refractivity contribution is 0.0157. The van der Waals surface area contributed by atoms with Crippen LogP contribution < -0.4 is 4.74 Å². The van der Waals surface area contributed by atoms with E-state index in [0.717, 1.165) is 0 Å². The molecule has 0 bridgehead atoms. The van der Waals surface area contributed by atoms with Crippen molar-refractivity contribution in [1.82, 2.24) is 9.88 Å². The van der Waals surface area contributed by atoms with Crippen LogP contribution in [-0.2, 0) is 0 Å². The summed E-state index contributed by atoms with van der Waals surface area (Å²) in [7, 11) is 0. The van der Waals surface area contributed by atoms with Gasteiger partial charge in [0.2, 0.25) is 5.88 Å². The zero-order chi connectivity index (χ0) is 14.8. The summed E-state index contributed by atoms with van der Waals surface area (Å²) < 4.78 is 19.1. The zero-order valence-electron chi connectivity index (χ0n) is 11.0. The second-order valence-corrected chi connectivity index (χ2v) is 5.18. The predicted octanol–water partition coefficient (Wildman–Crippen LogP) is 2.78. The predicted molar refractivity (Wildman–Crippen MR) is 76.0 cm³/mol. The Morgan fingerprint density at radius 1 is 1.29 bits per heavy atom. The van der Waals surface area contributed by atoms with Crippen LogP contribution >= 0.6 is 11.6 Å². The van der Waals surface area contributed by atoms with E-state index >= 15 is 0 Å². The van der Waals surface area contributed by atoms with Crippen LogP contribution in [0.4, 0.5) is 4.39 Å². The number of hydrogen-bond donors (Lipinski definition) is 0. The van der Waals surface area contributed by atoms with Crippen molar-refractivity contribution in [1.29, 1.82) is 0 Å². The van der Waals surface area contributed by atoms with Gasteiger partial charge in [-0.1, -0.05) is 23.7 Å². The third-order valence-corrected chi connectivity index (χ3v) is 3.45. The van der Waals surface area contributed by atoms with Crippen LogP contribution in [0.1, 0.15) is 10.4 Å². The van der Waals surface area contributed by atoms with E-state index in [0.29, 0.717) is 24.0 Å². The minimum Gasteiger partial charge on any atom is -0.471 e. The molecule has 3 rings (SSSR count). The molecule has 0 radical (unpaired) electrons. The van der Waals surface area contributed by atoms with Crippen LogP contribution in [0.5, 0.6) is 5.88 Å². The molecule has 1 aliphatic rings. The van der Waals surface area contributed by atoms with Gasteiger partial charge in [-0.05, 0) is 18.2 Å². The number of pyridine rings is 1. The van der Waals surface area contributed by atoms with Gasteiger partial charge in [-0.3, -0.25) is 4.79 Å². The van der Waals surface area contributed by atoms with Gasteiger partial charge in [0.05, 0.1) is 23.7 Å². The number of likely N-dealkylation sites (tertiary alicyclic amines) is 1. The molecule has 2 heterocycles. The standard InChI is InChI=1S/C15H12ClFN2O2/c16-10-5-6-14(18-7-10)21-11-8-19(9-11)15(20)12-3-1-2-4-13(12)17/h1-7,11H,8-9H2. The highest BCUT2D eigenvalue weighted by Gasteiger charge is 2.33. The molecule has 0 spiro atoms.